The summed E-state index contributed by atoms with van der Waals surface area (Å²) >= 11 is 1.27. The molecule has 4 nitrogen and oxygen atoms in total. The largest absolute Gasteiger partial charge is 0.330 e. The van der Waals surface area contributed by atoms with Crippen LogP contribution in [0.5, 0.6) is 0 Å². The van der Waals surface area contributed by atoms with Crippen molar-refractivity contribution in [3.63, 3.8) is 0 Å². The van der Waals surface area contributed by atoms with Gasteiger partial charge in [-0.1, -0.05) is 25.1 Å². The number of thiophene rings is 1. The van der Waals surface area contributed by atoms with Crippen LogP contribution in [0.2, 0.25) is 0 Å². The Morgan fingerprint density at radius 2 is 1.95 bits per heavy atom. The highest BCUT2D eigenvalue weighted by molar-refractivity contribution is 7.94. The Hall–Kier alpha value is -1.37. The van der Waals surface area contributed by atoms with Crippen LogP contribution in [0.1, 0.15) is 17.4 Å². The summed E-state index contributed by atoms with van der Waals surface area (Å²) in [4.78, 5) is 0.983. The van der Waals surface area contributed by atoms with Crippen molar-refractivity contribution in [3.8, 4) is 0 Å². The monoisotopic (exact) mass is 310 g/mol. The molecule has 0 spiro atoms. The fourth-order valence-corrected chi connectivity index (χ4v) is 4.37. The highest BCUT2D eigenvalue weighted by Gasteiger charge is 2.17. The van der Waals surface area contributed by atoms with Crippen LogP contribution in [0.4, 0.5) is 5.69 Å². The van der Waals surface area contributed by atoms with Crippen LogP contribution in [-0.4, -0.2) is 15.0 Å². The number of hydrogen-bond acceptors (Lipinski definition) is 4. The van der Waals surface area contributed by atoms with E-state index in [1.54, 1.807) is 12.1 Å². The molecule has 1 aromatic carbocycles. The topological polar surface area (TPSA) is 72.2 Å². The fourth-order valence-electron chi connectivity index (χ4n) is 1.90. The van der Waals surface area contributed by atoms with Gasteiger partial charge in [-0.05, 0) is 43.1 Å². The average Bonchev–Trinajstić information content (AvgIpc) is 2.89. The zero-order chi connectivity index (χ0) is 14.6. The minimum atomic E-state index is -3.52. The van der Waals surface area contributed by atoms with Crippen LogP contribution in [-0.2, 0) is 22.9 Å². The molecule has 6 heteroatoms. The molecular weight excluding hydrogens is 292 g/mol. The van der Waals surface area contributed by atoms with Gasteiger partial charge in [0.1, 0.15) is 4.21 Å². The molecule has 2 aromatic rings. The molecule has 1 heterocycles. The smallest absolute Gasteiger partial charge is 0.271 e. The first-order chi connectivity index (χ1) is 9.56. The first-order valence-corrected chi connectivity index (χ1v) is 8.76. The lowest BCUT2D eigenvalue weighted by atomic mass is 10.1. The molecule has 0 aliphatic carbocycles. The van der Waals surface area contributed by atoms with Gasteiger partial charge in [0, 0.05) is 4.88 Å². The maximum absolute atomic E-state index is 12.4. The Morgan fingerprint density at radius 1 is 1.20 bits per heavy atom. The lowest BCUT2D eigenvalue weighted by molar-refractivity contribution is 0.603. The van der Waals surface area contributed by atoms with Crippen LogP contribution in [0, 0.1) is 0 Å². The summed E-state index contributed by atoms with van der Waals surface area (Å²) in [5.74, 6) is 0. The molecule has 0 amide bonds. The Labute approximate surface area is 123 Å². The number of nitrogens with two attached hydrogens (primary N) is 1. The summed E-state index contributed by atoms with van der Waals surface area (Å²) in [6.45, 7) is 2.52. The summed E-state index contributed by atoms with van der Waals surface area (Å²) in [6, 6.07) is 10.9. The number of nitrogens with one attached hydrogen (secondary N) is 1. The molecule has 0 saturated carbocycles. The Balaban J connectivity index is 2.26. The molecule has 0 aliphatic heterocycles. The zero-order valence-electron chi connectivity index (χ0n) is 11.3. The number of anilines is 1. The first-order valence-electron chi connectivity index (χ1n) is 6.46. The maximum atomic E-state index is 12.4. The van der Waals surface area contributed by atoms with Crippen molar-refractivity contribution in [1.82, 2.24) is 0 Å². The molecule has 1 aromatic heterocycles. The normalized spacial score (nSPS) is 11.5. The SMILES string of the molecule is CCc1ccccc1NS(=O)(=O)c1ccc(CCN)s1. The molecule has 0 aliphatic rings. The molecule has 3 N–H and O–H groups in total. The van der Waals surface area contributed by atoms with Crippen molar-refractivity contribution in [1.29, 1.82) is 0 Å². The van der Waals surface area contributed by atoms with E-state index >= 15 is 0 Å². The standard InChI is InChI=1S/C14H18N2O2S2/c1-2-11-5-3-4-6-13(11)16-20(17,18)14-8-7-12(19-14)9-10-15/h3-8,16H,2,9-10,15H2,1H3. The third-order valence-corrected chi connectivity index (χ3v) is 5.94. The summed E-state index contributed by atoms with van der Waals surface area (Å²) in [6.07, 6.45) is 1.48. The third kappa shape index (κ3) is 3.39. The lowest BCUT2D eigenvalue weighted by Crippen LogP contribution is -2.12. The molecule has 0 fully saturated rings. The van der Waals surface area contributed by atoms with E-state index < -0.39 is 10.0 Å². The van der Waals surface area contributed by atoms with E-state index in [9.17, 15) is 8.42 Å². The molecule has 0 saturated heterocycles. The van der Waals surface area contributed by atoms with E-state index in [-0.39, 0.29) is 0 Å². The van der Waals surface area contributed by atoms with Crippen molar-refractivity contribution in [2.45, 2.75) is 24.0 Å². The number of rotatable bonds is 6. The van der Waals surface area contributed by atoms with Gasteiger partial charge < -0.3 is 5.73 Å². The molecule has 0 bridgehead atoms. The quantitative estimate of drug-likeness (QED) is 0.861. The van der Waals surface area contributed by atoms with Crippen LogP contribution in [0.3, 0.4) is 0 Å². The minimum absolute atomic E-state index is 0.326. The Kier molecular flexibility index (Phi) is 4.80. The molecule has 2 rings (SSSR count). The molecule has 20 heavy (non-hydrogen) atoms. The summed E-state index contributed by atoms with van der Waals surface area (Å²) in [5, 5.41) is 0. The second-order valence-corrected chi connectivity index (χ2v) is 7.45. The molecule has 108 valence electrons. The highest BCUT2D eigenvalue weighted by Crippen LogP contribution is 2.25. The van der Waals surface area contributed by atoms with Crippen LogP contribution in [0.15, 0.2) is 40.6 Å². The van der Waals surface area contributed by atoms with Gasteiger partial charge in [0.2, 0.25) is 0 Å². The molecular formula is C14H18N2O2S2. The van der Waals surface area contributed by atoms with Gasteiger partial charge in [0.15, 0.2) is 0 Å². The highest BCUT2D eigenvalue weighted by atomic mass is 32.2. The van der Waals surface area contributed by atoms with E-state index in [1.165, 1.54) is 11.3 Å². The second kappa shape index (κ2) is 6.39. The van der Waals surface area contributed by atoms with Gasteiger partial charge in [-0.25, -0.2) is 8.42 Å². The van der Waals surface area contributed by atoms with Crippen molar-refractivity contribution >= 4 is 27.0 Å². The number of benzene rings is 1. The summed E-state index contributed by atoms with van der Waals surface area (Å²) in [7, 11) is -3.52. The van der Waals surface area contributed by atoms with Gasteiger partial charge >= 0.3 is 0 Å². The van der Waals surface area contributed by atoms with Gasteiger partial charge in [-0.3, -0.25) is 4.72 Å². The predicted molar refractivity (Wildman–Crippen MR) is 83.7 cm³/mol. The number of para-hydroxylation sites is 1. The first kappa shape index (κ1) is 15.0. The zero-order valence-corrected chi connectivity index (χ0v) is 12.9. The fraction of sp³-hybridized carbons (Fsp3) is 0.286. The maximum Gasteiger partial charge on any atom is 0.271 e. The van der Waals surface area contributed by atoms with Crippen molar-refractivity contribution in [2.24, 2.45) is 5.73 Å². The van der Waals surface area contributed by atoms with E-state index in [4.69, 9.17) is 5.73 Å². The predicted octanol–water partition coefficient (Wildman–Crippen LogP) is 2.61. The Bertz CT molecular complexity index is 678. The number of hydrogen-bond donors (Lipinski definition) is 2. The van der Waals surface area contributed by atoms with Gasteiger partial charge in [0.25, 0.3) is 10.0 Å². The Morgan fingerprint density at radius 3 is 2.65 bits per heavy atom. The third-order valence-electron chi connectivity index (χ3n) is 2.94. The van der Waals surface area contributed by atoms with Crippen molar-refractivity contribution < 1.29 is 8.42 Å². The van der Waals surface area contributed by atoms with E-state index in [0.717, 1.165) is 16.9 Å². The second-order valence-electron chi connectivity index (χ2n) is 4.38. The minimum Gasteiger partial charge on any atom is -0.330 e. The average molecular weight is 310 g/mol. The van der Waals surface area contributed by atoms with Gasteiger partial charge in [-0.2, -0.15) is 0 Å². The van der Waals surface area contributed by atoms with Crippen LogP contribution in [0.25, 0.3) is 0 Å². The van der Waals surface area contributed by atoms with E-state index in [1.807, 2.05) is 31.2 Å². The molecule has 0 unspecified atom stereocenters. The number of aryl methyl sites for hydroxylation is 1. The van der Waals surface area contributed by atoms with Crippen molar-refractivity contribution in [3.05, 3.63) is 46.8 Å². The lowest BCUT2D eigenvalue weighted by Gasteiger charge is -2.10. The van der Waals surface area contributed by atoms with E-state index in [0.29, 0.717) is 22.9 Å². The van der Waals surface area contributed by atoms with Crippen molar-refractivity contribution in [2.75, 3.05) is 11.3 Å². The van der Waals surface area contributed by atoms with Crippen LogP contribution >= 0.6 is 11.3 Å². The van der Waals surface area contributed by atoms with E-state index in [2.05, 4.69) is 4.72 Å². The number of sulfonamides is 1. The molecule has 0 radical (unpaired) electrons. The molecule has 0 atom stereocenters. The van der Waals surface area contributed by atoms with Gasteiger partial charge in [-0.15, -0.1) is 11.3 Å². The van der Waals surface area contributed by atoms with Crippen LogP contribution < -0.4 is 10.5 Å². The van der Waals surface area contributed by atoms with Gasteiger partial charge in [0.05, 0.1) is 5.69 Å². The summed E-state index contributed by atoms with van der Waals surface area (Å²) < 4.78 is 27.7. The summed E-state index contributed by atoms with van der Waals surface area (Å²) in [5.41, 5.74) is 7.11.